The fraction of sp³-hybridized carbons (Fsp3) is 0.364. The lowest BCUT2D eigenvalue weighted by Crippen LogP contribution is -2.40. The van der Waals surface area contributed by atoms with Crippen LogP contribution >= 0.6 is 0 Å². The minimum atomic E-state index is -3.00. The Hall–Kier alpha value is -1.83. The third-order valence-electron chi connectivity index (χ3n) is 3.04. The lowest BCUT2D eigenvalue weighted by atomic mass is 10.1. The van der Waals surface area contributed by atoms with E-state index < -0.39 is 15.7 Å². The van der Waals surface area contributed by atoms with Crippen LogP contribution in [0.4, 0.5) is 10.1 Å². The Morgan fingerprint density at radius 1 is 1.37 bits per heavy atom. The summed E-state index contributed by atoms with van der Waals surface area (Å²) in [5, 5.41) is 11.3. The summed E-state index contributed by atoms with van der Waals surface area (Å²) in [6.07, 6.45) is 0. The van der Waals surface area contributed by atoms with Gasteiger partial charge in [-0.1, -0.05) is 5.16 Å². The molecule has 0 aromatic heterocycles. The van der Waals surface area contributed by atoms with Gasteiger partial charge in [-0.3, -0.25) is 0 Å². The van der Waals surface area contributed by atoms with Crippen molar-refractivity contribution in [3.63, 3.8) is 0 Å². The van der Waals surface area contributed by atoms with Crippen LogP contribution in [0.1, 0.15) is 5.56 Å². The van der Waals surface area contributed by atoms with Crippen molar-refractivity contribution in [1.29, 1.82) is 0 Å². The van der Waals surface area contributed by atoms with Gasteiger partial charge in [0.1, 0.15) is 5.82 Å². The molecular weight excluding hydrogens is 273 g/mol. The van der Waals surface area contributed by atoms with Crippen molar-refractivity contribution in [2.45, 2.75) is 0 Å². The smallest absolute Gasteiger partial charge is 0.170 e. The molecule has 0 spiro atoms. The fourth-order valence-corrected chi connectivity index (χ4v) is 3.13. The van der Waals surface area contributed by atoms with Gasteiger partial charge in [-0.15, -0.1) is 0 Å². The van der Waals surface area contributed by atoms with Gasteiger partial charge in [0.2, 0.25) is 0 Å². The number of oxime groups is 1. The zero-order valence-electron chi connectivity index (χ0n) is 10.1. The molecule has 2 rings (SSSR count). The van der Waals surface area contributed by atoms with Crippen LogP contribution in [0.15, 0.2) is 23.4 Å². The maximum atomic E-state index is 13.9. The molecule has 1 aliphatic heterocycles. The number of hydrogen-bond acceptors (Lipinski definition) is 5. The first-order valence-electron chi connectivity index (χ1n) is 5.66. The Kier molecular flexibility index (Phi) is 3.61. The number of benzene rings is 1. The molecule has 0 aliphatic carbocycles. The molecule has 1 saturated heterocycles. The third-order valence-corrected chi connectivity index (χ3v) is 4.65. The molecule has 8 heteroatoms. The number of sulfone groups is 1. The predicted octanol–water partition coefficient (Wildman–Crippen LogP) is 0.155. The highest BCUT2D eigenvalue weighted by molar-refractivity contribution is 7.91. The zero-order valence-corrected chi connectivity index (χ0v) is 10.9. The van der Waals surface area contributed by atoms with Gasteiger partial charge >= 0.3 is 0 Å². The average Bonchev–Trinajstić information content (AvgIpc) is 2.38. The molecule has 19 heavy (non-hydrogen) atoms. The van der Waals surface area contributed by atoms with Crippen molar-refractivity contribution >= 4 is 21.4 Å². The summed E-state index contributed by atoms with van der Waals surface area (Å²) in [6.45, 7) is 0.532. The van der Waals surface area contributed by atoms with Gasteiger partial charge in [-0.2, -0.15) is 0 Å². The van der Waals surface area contributed by atoms with E-state index in [4.69, 9.17) is 10.9 Å². The van der Waals surface area contributed by atoms with Crippen LogP contribution in [0.2, 0.25) is 0 Å². The molecule has 0 amide bonds. The van der Waals surface area contributed by atoms with Crippen LogP contribution in [0, 0.1) is 5.82 Å². The Bertz CT molecular complexity index is 602. The van der Waals surface area contributed by atoms with Crippen LogP contribution in [-0.2, 0) is 9.84 Å². The van der Waals surface area contributed by atoms with E-state index in [2.05, 4.69) is 5.16 Å². The van der Waals surface area contributed by atoms with Crippen molar-refractivity contribution in [1.82, 2.24) is 0 Å². The molecule has 0 saturated carbocycles. The second-order valence-electron chi connectivity index (χ2n) is 4.29. The number of halogens is 1. The number of anilines is 1. The lowest BCUT2D eigenvalue weighted by molar-refractivity contribution is 0.318. The van der Waals surface area contributed by atoms with Crippen molar-refractivity contribution in [3.05, 3.63) is 29.6 Å². The molecule has 6 nitrogen and oxygen atoms in total. The number of rotatable bonds is 2. The largest absolute Gasteiger partial charge is 0.409 e. The summed E-state index contributed by atoms with van der Waals surface area (Å²) in [6, 6.07) is 4.19. The van der Waals surface area contributed by atoms with Crippen molar-refractivity contribution in [2.24, 2.45) is 10.9 Å². The molecule has 104 valence electrons. The monoisotopic (exact) mass is 287 g/mol. The number of amidine groups is 1. The molecule has 0 radical (unpaired) electrons. The van der Waals surface area contributed by atoms with Gasteiger partial charge in [0, 0.05) is 18.7 Å². The van der Waals surface area contributed by atoms with Gasteiger partial charge in [-0.05, 0) is 18.2 Å². The molecule has 1 aliphatic rings. The van der Waals surface area contributed by atoms with Gasteiger partial charge in [0.05, 0.1) is 17.2 Å². The molecule has 1 fully saturated rings. The van der Waals surface area contributed by atoms with Crippen LogP contribution in [0.25, 0.3) is 0 Å². The van der Waals surface area contributed by atoms with Crippen LogP contribution in [-0.4, -0.2) is 44.1 Å². The third kappa shape index (κ3) is 2.95. The Morgan fingerprint density at radius 3 is 2.53 bits per heavy atom. The lowest BCUT2D eigenvalue weighted by Gasteiger charge is -2.29. The quantitative estimate of drug-likeness (QED) is 0.349. The summed E-state index contributed by atoms with van der Waals surface area (Å²) in [7, 11) is -3.00. The summed E-state index contributed by atoms with van der Waals surface area (Å²) < 4.78 is 36.6. The summed E-state index contributed by atoms with van der Waals surface area (Å²) in [5.74, 6) is -0.655. The van der Waals surface area contributed by atoms with Gasteiger partial charge < -0.3 is 15.8 Å². The van der Waals surface area contributed by atoms with Gasteiger partial charge in [0.15, 0.2) is 15.7 Å². The van der Waals surface area contributed by atoms with E-state index in [1.165, 1.54) is 12.1 Å². The Morgan fingerprint density at radius 2 is 2.00 bits per heavy atom. The molecule has 0 bridgehead atoms. The first kappa shape index (κ1) is 13.6. The molecule has 1 heterocycles. The first-order valence-corrected chi connectivity index (χ1v) is 7.48. The highest BCUT2D eigenvalue weighted by Crippen LogP contribution is 2.22. The highest BCUT2D eigenvalue weighted by atomic mass is 32.2. The molecular formula is C11H14FN3O3S. The van der Waals surface area contributed by atoms with E-state index in [1.54, 1.807) is 4.90 Å². The van der Waals surface area contributed by atoms with E-state index in [1.807, 2.05) is 0 Å². The van der Waals surface area contributed by atoms with Crippen LogP contribution in [0.5, 0.6) is 0 Å². The number of nitrogens with two attached hydrogens (primary N) is 1. The average molecular weight is 287 g/mol. The first-order chi connectivity index (χ1) is 8.93. The van der Waals surface area contributed by atoms with E-state index >= 15 is 0 Å². The topological polar surface area (TPSA) is 96.0 Å². The van der Waals surface area contributed by atoms with E-state index in [0.717, 1.165) is 6.07 Å². The fourth-order valence-electron chi connectivity index (χ4n) is 1.93. The molecule has 0 atom stereocenters. The van der Waals surface area contributed by atoms with Gasteiger partial charge in [0.25, 0.3) is 0 Å². The van der Waals surface area contributed by atoms with Crippen LogP contribution < -0.4 is 10.6 Å². The van der Waals surface area contributed by atoms with E-state index in [-0.39, 0.29) is 36.0 Å². The maximum Gasteiger partial charge on any atom is 0.170 e. The Labute approximate surface area is 110 Å². The van der Waals surface area contributed by atoms with Crippen molar-refractivity contribution in [2.75, 3.05) is 29.5 Å². The SMILES string of the molecule is N/C(=N\O)c1ccc(N2CCS(=O)(=O)CC2)c(F)c1. The van der Waals surface area contributed by atoms with E-state index in [0.29, 0.717) is 5.69 Å². The second-order valence-corrected chi connectivity index (χ2v) is 6.59. The minimum Gasteiger partial charge on any atom is -0.409 e. The molecule has 1 aromatic rings. The number of hydrogen-bond donors (Lipinski definition) is 2. The van der Waals surface area contributed by atoms with E-state index in [9.17, 15) is 12.8 Å². The normalized spacial score (nSPS) is 19.4. The standard InChI is InChI=1S/C11H14FN3O3S/c12-9-7-8(11(13)14-16)1-2-10(9)15-3-5-19(17,18)6-4-15/h1-2,7,16H,3-6H2,(H2,13,14). The summed E-state index contributed by atoms with van der Waals surface area (Å²) in [4.78, 5) is 1.67. The van der Waals surface area contributed by atoms with Crippen LogP contribution in [0.3, 0.4) is 0 Å². The Balaban J connectivity index is 2.23. The second kappa shape index (κ2) is 5.04. The molecule has 0 unspecified atom stereocenters. The number of nitrogens with zero attached hydrogens (tertiary/aromatic N) is 2. The molecule has 3 N–H and O–H groups in total. The summed E-state index contributed by atoms with van der Waals surface area (Å²) in [5.41, 5.74) is 5.96. The summed E-state index contributed by atoms with van der Waals surface area (Å²) >= 11 is 0. The zero-order chi connectivity index (χ0) is 14.0. The van der Waals surface area contributed by atoms with Crippen molar-refractivity contribution < 1.29 is 18.0 Å². The van der Waals surface area contributed by atoms with Gasteiger partial charge in [-0.25, -0.2) is 12.8 Å². The highest BCUT2D eigenvalue weighted by Gasteiger charge is 2.23. The predicted molar refractivity (Wildman–Crippen MR) is 69.8 cm³/mol. The molecule has 1 aromatic carbocycles. The maximum absolute atomic E-state index is 13.9. The van der Waals surface area contributed by atoms with Crippen molar-refractivity contribution in [3.8, 4) is 0 Å². The minimum absolute atomic E-state index is 0.0223.